The van der Waals surface area contributed by atoms with Gasteiger partial charge in [-0.3, -0.25) is 4.79 Å². The maximum Gasteiger partial charge on any atom is 0.236 e. The van der Waals surface area contributed by atoms with Crippen LogP contribution < -0.4 is 10.1 Å². The van der Waals surface area contributed by atoms with Crippen LogP contribution >= 0.6 is 11.8 Å². The van der Waals surface area contributed by atoms with E-state index >= 15 is 0 Å². The van der Waals surface area contributed by atoms with E-state index in [-0.39, 0.29) is 5.91 Å². The maximum absolute atomic E-state index is 10.9. The van der Waals surface area contributed by atoms with Crippen molar-refractivity contribution < 1.29 is 9.53 Å². The second kappa shape index (κ2) is 5.49. The van der Waals surface area contributed by atoms with Crippen LogP contribution in [-0.2, 0) is 4.79 Å². The molecule has 1 aromatic carbocycles. The molecule has 5 nitrogen and oxygen atoms in total. The number of carbonyl (C=O) groups excluding carboxylic acids is 1. The summed E-state index contributed by atoms with van der Waals surface area (Å²) in [4.78, 5) is 10.9. The van der Waals surface area contributed by atoms with Crippen molar-refractivity contribution in [3.63, 3.8) is 0 Å². The summed E-state index contributed by atoms with van der Waals surface area (Å²) in [6.45, 7) is 0. The van der Waals surface area contributed by atoms with Gasteiger partial charge in [0.25, 0.3) is 0 Å². The molecule has 6 heteroatoms. The van der Waals surface area contributed by atoms with Crippen LogP contribution in [0.5, 0.6) is 5.75 Å². The van der Waals surface area contributed by atoms with E-state index in [9.17, 15) is 4.79 Å². The molecule has 0 spiro atoms. The fourth-order valence-electron chi connectivity index (χ4n) is 1.30. The lowest BCUT2D eigenvalue weighted by molar-refractivity contribution is -0.116. The van der Waals surface area contributed by atoms with Gasteiger partial charge in [0.05, 0.1) is 19.1 Å². The Morgan fingerprint density at radius 3 is 3.00 bits per heavy atom. The van der Waals surface area contributed by atoms with Gasteiger partial charge in [0.1, 0.15) is 5.75 Å². The first kappa shape index (κ1) is 11.7. The third kappa shape index (κ3) is 3.07. The molecule has 1 aliphatic rings. The van der Waals surface area contributed by atoms with Crippen LogP contribution in [0.15, 0.2) is 34.5 Å². The van der Waals surface area contributed by atoms with E-state index < -0.39 is 0 Å². The highest BCUT2D eigenvalue weighted by molar-refractivity contribution is 8.15. The molecule has 1 fully saturated rings. The molecule has 0 saturated carbocycles. The standard InChI is InChI=1S/C11H11N3O2S/c1-16-9-5-3-2-4-8(9)6-12-14-11-13-10(15)7-17-11/h2-6H,7H2,1H3,(H,13,14,15)/b12-6+. The normalized spacial score (nSPS) is 17.7. The molecule has 17 heavy (non-hydrogen) atoms. The molecule has 1 saturated heterocycles. The van der Waals surface area contributed by atoms with Gasteiger partial charge in [-0.25, -0.2) is 0 Å². The van der Waals surface area contributed by atoms with E-state index in [1.165, 1.54) is 11.8 Å². The third-order valence-electron chi connectivity index (χ3n) is 2.07. The van der Waals surface area contributed by atoms with E-state index in [1.54, 1.807) is 13.3 Å². The topological polar surface area (TPSA) is 63.1 Å². The van der Waals surface area contributed by atoms with Crippen LogP contribution in [0.1, 0.15) is 5.56 Å². The summed E-state index contributed by atoms with van der Waals surface area (Å²) >= 11 is 1.34. The van der Waals surface area contributed by atoms with E-state index in [0.29, 0.717) is 10.9 Å². The summed E-state index contributed by atoms with van der Waals surface area (Å²) in [6, 6.07) is 7.50. The van der Waals surface area contributed by atoms with Crippen molar-refractivity contribution in [2.45, 2.75) is 0 Å². The molecule has 1 amide bonds. The van der Waals surface area contributed by atoms with Crippen molar-refractivity contribution in [3.05, 3.63) is 29.8 Å². The van der Waals surface area contributed by atoms with Crippen LogP contribution in [0.25, 0.3) is 0 Å². The van der Waals surface area contributed by atoms with Gasteiger partial charge in [-0.05, 0) is 12.1 Å². The lowest BCUT2D eigenvalue weighted by Crippen LogP contribution is -2.19. The molecule has 0 aliphatic carbocycles. The number of amides is 1. The summed E-state index contributed by atoms with van der Waals surface area (Å²) in [5.41, 5.74) is 0.841. The van der Waals surface area contributed by atoms with Crippen LogP contribution in [-0.4, -0.2) is 30.2 Å². The van der Waals surface area contributed by atoms with Crippen LogP contribution in [0, 0.1) is 0 Å². The van der Waals surface area contributed by atoms with Crippen molar-refractivity contribution in [2.75, 3.05) is 12.9 Å². The molecule has 0 radical (unpaired) electrons. The van der Waals surface area contributed by atoms with Crippen LogP contribution in [0.2, 0.25) is 0 Å². The minimum Gasteiger partial charge on any atom is -0.496 e. The van der Waals surface area contributed by atoms with E-state index in [2.05, 4.69) is 15.5 Å². The number of thioether (sulfide) groups is 1. The highest BCUT2D eigenvalue weighted by Crippen LogP contribution is 2.15. The molecule has 2 rings (SSSR count). The van der Waals surface area contributed by atoms with Crippen molar-refractivity contribution in [1.82, 2.24) is 5.32 Å². The summed E-state index contributed by atoms with van der Waals surface area (Å²) < 4.78 is 5.17. The SMILES string of the molecule is COc1ccccc1/C=N/N=C1/NC(=O)CS1. The summed E-state index contributed by atoms with van der Waals surface area (Å²) in [5.74, 6) is 1.10. The first-order valence-electron chi connectivity index (χ1n) is 4.96. The van der Waals surface area contributed by atoms with Gasteiger partial charge in [-0.1, -0.05) is 23.9 Å². The smallest absolute Gasteiger partial charge is 0.236 e. The summed E-state index contributed by atoms with van der Waals surface area (Å²) in [5, 5.41) is 10.9. The maximum atomic E-state index is 10.9. The molecule has 88 valence electrons. The van der Waals surface area contributed by atoms with Gasteiger partial charge in [-0.2, -0.15) is 5.10 Å². The van der Waals surface area contributed by atoms with Gasteiger partial charge in [0, 0.05) is 5.56 Å². The number of para-hydroxylation sites is 1. The number of hydrogen-bond acceptors (Lipinski definition) is 5. The average Bonchev–Trinajstić information content (AvgIpc) is 2.76. The Labute approximate surface area is 103 Å². The average molecular weight is 249 g/mol. The molecule has 0 unspecified atom stereocenters. The van der Waals surface area contributed by atoms with Gasteiger partial charge in [0.2, 0.25) is 5.91 Å². The first-order chi connectivity index (χ1) is 8.29. The Kier molecular flexibility index (Phi) is 3.77. The quantitative estimate of drug-likeness (QED) is 0.647. The minimum absolute atomic E-state index is 0.0405. The minimum atomic E-state index is -0.0405. The largest absolute Gasteiger partial charge is 0.496 e. The number of methoxy groups -OCH3 is 1. The Morgan fingerprint density at radius 1 is 1.47 bits per heavy atom. The van der Waals surface area contributed by atoms with E-state index in [4.69, 9.17) is 4.74 Å². The van der Waals surface area contributed by atoms with Crippen molar-refractivity contribution in [3.8, 4) is 5.75 Å². The zero-order valence-electron chi connectivity index (χ0n) is 9.21. The Morgan fingerprint density at radius 2 is 2.29 bits per heavy atom. The number of benzene rings is 1. The van der Waals surface area contributed by atoms with Gasteiger partial charge < -0.3 is 10.1 Å². The number of nitrogens with zero attached hydrogens (tertiary/aromatic N) is 2. The second-order valence-corrected chi connectivity index (χ2v) is 4.19. The predicted octanol–water partition coefficient (Wildman–Crippen LogP) is 1.25. The van der Waals surface area contributed by atoms with Gasteiger partial charge >= 0.3 is 0 Å². The molecule has 1 aromatic rings. The Hall–Kier alpha value is -1.82. The van der Waals surface area contributed by atoms with Gasteiger partial charge in [0.15, 0.2) is 5.17 Å². The zero-order valence-corrected chi connectivity index (χ0v) is 10.0. The second-order valence-electron chi connectivity index (χ2n) is 3.23. The van der Waals surface area contributed by atoms with Crippen molar-refractivity contribution in [1.29, 1.82) is 0 Å². The number of carbonyl (C=O) groups is 1. The predicted molar refractivity (Wildman–Crippen MR) is 68.6 cm³/mol. The molecular formula is C11H11N3O2S. The lowest BCUT2D eigenvalue weighted by atomic mass is 10.2. The van der Waals surface area contributed by atoms with E-state index in [1.807, 2.05) is 24.3 Å². The molecule has 1 N–H and O–H groups in total. The van der Waals surface area contributed by atoms with Gasteiger partial charge in [-0.15, -0.1) is 5.10 Å². The lowest BCUT2D eigenvalue weighted by Gasteiger charge is -2.01. The molecular weight excluding hydrogens is 238 g/mol. The number of nitrogens with one attached hydrogen (secondary N) is 1. The van der Waals surface area contributed by atoms with Crippen LogP contribution in [0.3, 0.4) is 0 Å². The molecule has 1 heterocycles. The van der Waals surface area contributed by atoms with E-state index in [0.717, 1.165) is 11.3 Å². The molecule has 0 atom stereocenters. The van der Waals surface area contributed by atoms with Crippen molar-refractivity contribution >= 4 is 29.1 Å². The molecule has 0 bridgehead atoms. The highest BCUT2D eigenvalue weighted by atomic mass is 32.2. The number of amidine groups is 1. The number of hydrogen-bond donors (Lipinski definition) is 1. The van der Waals surface area contributed by atoms with Crippen LogP contribution in [0.4, 0.5) is 0 Å². The Balaban J connectivity index is 2.07. The summed E-state index contributed by atoms with van der Waals surface area (Å²) in [7, 11) is 1.60. The monoisotopic (exact) mass is 249 g/mol. The third-order valence-corrected chi connectivity index (χ3v) is 2.93. The number of rotatable bonds is 3. The zero-order chi connectivity index (χ0) is 12.1. The number of ether oxygens (including phenoxy) is 1. The molecule has 0 aromatic heterocycles. The first-order valence-corrected chi connectivity index (χ1v) is 5.95. The molecule has 1 aliphatic heterocycles. The fourth-order valence-corrected chi connectivity index (χ4v) is 1.93. The fraction of sp³-hybridized carbons (Fsp3) is 0.182. The Bertz CT molecular complexity index is 485. The van der Waals surface area contributed by atoms with Crippen molar-refractivity contribution in [2.24, 2.45) is 10.2 Å². The highest BCUT2D eigenvalue weighted by Gasteiger charge is 2.15. The summed E-state index contributed by atoms with van der Waals surface area (Å²) in [6.07, 6.45) is 1.59.